The van der Waals surface area contributed by atoms with Crippen LogP contribution in [0.2, 0.25) is 0 Å². The van der Waals surface area contributed by atoms with E-state index in [0.29, 0.717) is 0 Å². The van der Waals surface area contributed by atoms with E-state index in [1.807, 2.05) is 0 Å². The summed E-state index contributed by atoms with van der Waals surface area (Å²) in [6, 6.07) is 1.57. The zero-order valence-corrected chi connectivity index (χ0v) is 18.2. The number of likely N-dealkylation sites (tertiary alicyclic amines) is 1. The maximum atomic E-state index is 2.68. The predicted molar refractivity (Wildman–Crippen MR) is 109 cm³/mol. The average molecular weight is 350 g/mol. The number of hydrogen-bond donors (Lipinski definition) is 0. The molecule has 4 aliphatic rings. The van der Waals surface area contributed by atoms with Crippen LogP contribution >= 0.6 is 0 Å². The van der Waals surface area contributed by atoms with Gasteiger partial charge in [0.05, 0.1) is 26.2 Å². The molecule has 4 fully saturated rings. The highest BCUT2D eigenvalue weighted by Crippen LogP contribution is 2.59. The molecule has 25 heavy (non-hydrogen) atoms. The average Bonchev–Trinajstić information content (AvgIpc) is 3.00. The summed E-state index contributed by atoms with van der Waals surface area (Å²) in [5, 5.41) is 0. The first-order valence-electron chi connectivity index (χ1n) is 11.4. The molecule has 0 radical (unpaired) electrons. The summed E-state index contributed by atoms with van der Waals surface area (Å²) in [6.45, 7) is 16.4. The van der Waals surface area contributed by atoms with Crippen LogP contribution in [-0.4, -0.2) is 55.2 Å². The SMILES string of the molecule is CCC1C2CCC(C1CN(C)C(C)CC)C1C[N+](C)(C(C)CC)CC21. The van der Waals surface area contributed by atoms with Crippen molar-refractivity contribution in [1.29, 1.82) is 0 Å². The van der Waals surface area contributed by atoms with Gasteiger partial charge in [0.25, 0.3) is 0 Å². The molecule has 9 atom stereocenters. The van der Waals surface area contributed by atoms with E-state index < -0.39 is 0 Å². The first-order valence-corrected chi connectivity index (χ1v) is 11.4. The number of hydrogen-bond acceptors (Lipinski definition) is 1. The normalized spacial score (nSPS) is 45.6. The third-order valence-electron chi connectivity index (χ3n) is 9.36. The number of nitrogens with zero attached hydrogens (tertiary/aromatic N) is 2. The van der Waals surface area contributed by atoms with Crippen LogP contribution in [0.4, 0.5) is 0 Å². The Morgan fingerprint density at radius 3 is 1.92 bits per heavy atom. The van der Waals surface area contributed by atoms with Crippen molar-refractivity contribution < 1.29 is 4.48 Å². The fourth-order valence-corrected chi connectivity index (χ4v) is 7.23. The van der Waals surface area contributed by atoms with Crippen molar-refractivity contribution in [3.8, 4) is 0 Å². The molecule has 0 spiro atoms. The summed E-state index contributed by atoms with van der Waals surface area (Å²) in [6.07, 6.45) is 7.10. The molecule has 1 heterocycles. The fraction of sp³-hybridized carbons (Fsp3) is 1.00. The summed E-state index contributed by atoms with van der Waals surface area (Å²) in [7, 11) is 4.96. The van der Waals surface area contributed by atoms with Gasteiger partial charge in [0.15, 0.2) is 0 Å². The van der Waals surface area contributed by atoms with Gasteiger partial charge in [-0.3, -0.25) is 0 Å². The smallest absolute Gasteiger partial charge is 0.0857 e. The quantitative estimate of drug-likeness (QED) is 0.592. The van der Waals surface area contributed by atoms with Gasteiger partial charge in [-0.15, -0.1) is 0 Å². The fourth-order valence-electron chi connectivity index (χ4n) is 7.23. The Morgan fingerprint density at radius 2 is 1.44 bits per heavy atom. The molecule has 1 aliphatic heterocycles. The molecule has 3 saturated carbocycles. The summed E-state index contributed by atoms with van der Waals surface area (Å²) < 4.78 is 1.36. The highest BCUT2D eigenvalue weighted by molar-refractivity contribution is 5.03. The van der Waals surface area contributed by atoms with E-state index in [-0.39, 0.29) is 0 Å². The second-order valence-corrected chi connectivity index (χ2v) is 10.3. The Bertz CT molecular complexity index is 449. The second kappa shape index (κ2) is 7.50. The molecular weight excluding hydrogens is 304 g/mol. The van der Waals surface area contributed by atoms with Gasteiger partial charge < -0.3 is 9.38 Å². The minimum atomic E-state index is 0.735. The van der Waals surface area contributed by atoms with E-state index in [0.717, 1.165) is 47.6 Å². The first-order chi connectivity index (χ1) is 11.9. The monoisotopic (exact) mass is 349 g/mol. The maximum Gasteiger partial charge on any atom is 0.0857 e. The molecule has 2 heteroatoms. The molecule has 4 rings (SSSR count). The van der Waals surface area contributed by atoms with Crippen molar-refractivity contribution in [3.05, 3.63) is 0 Å². The Labute approximate surface area is 157 Å². The van der Waals surface area contributed by atoms with Crippen molar-refractivity contribution >= 4 is 0 Å². The summed E-state index contributed by atoms with van der Waals surface area (Å²) in [4.78, 5) is 2.68. The summed E-state index contributed by atoms with van der Waals surface area (Å²) in [5.41, 5.74) is 0. The number of fused-ring (bicyclic) bond motifs is 2. The Morgan fingerprint density at radius 1 is 0.880 bits per heavy atom. The highest BCUT2D eigenvalue weighted by atomic mass is 15.4. The Hall–Kier alpha value is -0.0800. The van der Waals surface area contributed by atoms with Crippen molar-refractivity contribution in [2.24, 2.45) is 35.5 Å². The van der Waals surface area contributed by atoms with Gasteiger partial charge in [0, 0.05) is 24.4 Å². The van der Waals surface area contributed by atoms with Crippen LogP contribution in [0, 0.1) is 35.5 Å². The topological polar surface area (TPSA) is 3.24 Å². The van der Waals surface area contributed by atoms with E-state index >= 15 is 0 Å². The Kier molecular flexibility index (Phi) is 5.91. The van der Waals surface area contributed by atoms with Gasteiger partial charge in [-0.2, -0.15) is 0 Å². The maximum absolute atomic E-state index is 2.68. The van der Waals surface area contributed by atoms with Gasteiger partial charge in [-0.1, -0.05) is 27.2 Å². The molecule has 146 valence electrons. The molecule has 0 aromatic carbocycles. The zero-order valence-electron chi connectivity index (χ0n) is 18.2. The van der Waals surface area contributed by atoms with E-state index in [9.17, 15) is 0 Å². The van der Waals surface area contributed by atoms with E-state index in [1.165, 1.54) is 56.2 Å². The molecule has 9 unspecified atom stereocenters. The third-order valence-corrected chi connectivity index (χ3v) is 9.36. The predicted octanol–water partition coefficient (Wildman–Crippen LogP) is 4.89. The van der Waals surface area contributed by atoms with Crippen molar-refractivity contribution in [2.75, 3.05) is 33.7 Å². The second-order valence-electron chi connectivity index (χ2n) is 10.3. The lowest BCUT2D eigenvalue weighted by Crippen LogP contribution is -2.53. The number of rotatable bonds is 7. The molecule has 0 amide bonds. The van der Waals surface area contributed by atoms with Gasteiger partial charge in [-0.25, -0.2) is 0 Å². The van der Waals surface area contributed by atoms with Gasteiger partial charge in [0.2, 0.25) is 0 Å². The zero-order chi connectivity index (χ0) is 18.4. The molecule has 3 aliphatic carbocycles. The van der Waals surface area contributed by atoms with Gasteiger partial charge in [-0.05, 0) is 70.3 Å². The minimum absolute atomic E-state index is 0.735. The molecule has 0 aromatic heterocycles. The lowest BCUT2D eigenvalue weighted by atomic mass is 9.50. The highest BCUT2D eigenvalue weighted by Gasteiger charge is 2.60. The molecule has 0 aromatic rings. The number of quaternary nitrogens is 1. The summed E-state index contributed by atoms with van der Waals surface area (Å²) >= 11 is 0. The summed E-state index contributed by atoms with van der Waals surface area (Å²) in [5.74, 6) is 6.06. The molecule has 0 N–H and O–H groups in total. The van der Waals surface area contributed by atoms with Crippen molar-refractivity contribution in [3.63, 3.8) is 0 Å². The van der Waals surface area contributed by atoms with Crippen LogP contribution in [-0.2, 0) is 0 Å². The van der Waals surface area contributed by atoms with Crippen LogP contribution in [0.15, 0.2) is 0 Å². The van der Waals surface area contributed by atoms with E-state index in [2.05, 4.69) is 53.6 Å². The van der Waals surface area contributed by atoms with Crippen LogP contribution < -0.4 is 0 Å². The van der Waals surface area contributed by atoms with Crippen molar-refractivity contribution in [2.45, 2.75) is 78.8 Å². The van der Waals surface area contributed by atoms with Crippen LogP contribution in [0.3, 0.4) is 0 Å². The molecule has 2 nitrogen and oxygen atoms in total. The van der Waals surface area contributed by atoms with Gasteiger partial charge in [0.1, 0.15) is 0 Å². The lowest BCUT2D eigenvalue weighted by Gasteiger charge is -2.55. The molecule has 1 saturated heterocycles. The van der Waals surface area contributed by atoms with Crippen molar-refractivity contribution in [1.82, 2.24) is 4.90 Å². The van der Waals surface area contributed by atoms with Crippen LogP contribution in [0.1, 0.15) is 66.7 Å². The van der Waals surface area contributed by atoms with E-state index in [4.69, 9.17) is 0 Å². The molecular formula is C23H45N2+. The minimum Gasteiger partial charge on any atom is -0.323 e. The largest absolute Gasteiger partial charge is 0.323 e. The van der Waals surface area contributed by atoms with Crippen LogP contribution in [0.5, 0.6) is 0 Å². The lowest BCUT2D eigenvalue weighted by molar-refractivity contribution is -0.923. The first kappa shape index (κ1) is 19.7. The standard InChI is InChI=1S/C23H45N2/c1-8-16(4)24(6)13-21-18(10-3)19-11-12-20(21)23-15-25(7,14-22(19)23)17(5)9-2/h16-23H,8-15H2,1-7H3/q+1. The molecule has 2 bridgehead atoms. The third kappa shape index (κ3) is 3.31. The van der Waals surface area contributed by atoms with E-state index in [1.54, 1.807) is 0 Å². The van der Waals surface area contributed by atoms with Crippen LogP contribution in [0.25, 0.3) is 0 Å². The van der Waals surface area contributed by atoms with Gasteiger partial charge >= 0.3 is 0 Å². The Balaban J connectivity index is 1.80.